The van der Waals surface area contributed by atoms with Gasteiger partial charge in [0, 0.05) is 12.4 Å². The molecular weight excluding hydrogens is 222 g/mol. The maximum atomic E-state index is 11.0. The van der Waals surface area contributed by atoms with Crippen molar-refractivity contribution in [3.8, 4) is 0 Å². The minimum absolute atomic E-state index is 0.00286. The Hall–Kier alpha value is 0.200. The smallest absolute Gasteiger partial charge is 0.208 e. The van der Waals surface area contributed by atoms with Crippen molar-refractivity contribution < 1.29 is 8.42 Å². The molecule has 1 rings (SSSR count). The molecule has 5 heteroatoms. The van der Waals surface area contributed by atoms with E-state index < -0.39 is 10.0 Å². The van der Waals surface area contributed by atoms with Crippen LogP contribution in [0.25, 0.3) is 0 Å². The van der Waals surface area contributed by atoms with Crippen LogP contribution in [0.15, 0.2) is 0 Å². The zero-order chi connectivity index (χ0) is 10.7. The zero-order valence-corrected chi connectivity index (χ0v) is 10.1. The number of hydrogen-bond donors (Lipinski definition) is 1. The molecule has 3 nitrogen and oxygen atoms in total. The number of nitrogens with one attached hydrogen (secondary N) is 1. The van der Waals surface area contributed by atoms with E-state index in [1.165, 1.54) is 12.7 Å². The highest BCUT2D eigenvalue weighted by atomic mass is 35.5. The molecule has 1 fully saturated rings. The molecule has 0 aromatic carbocycles. The summed E-state index contributed by atoms with van der Waals surface area (Å²) in [6.45, 7) is 0.495. The van der Waals surface area contributed by atoms with E-state index in [2.05, 4.69) is 4.72 Å². The van der Waals surface area contributed by atoms with Gasteiger partial charge in [-0.15, -0.1) is 11.6 Å². The second-order valence-corrected chi connectivity index (χ2v) is 6.39. The van der Waals surface area contributed by atoms with Gasteiger partial charge in [0.05, 0.1) is 6.26 Å². The Kier molecular flexibility index (Phi) is 4.22. The van der Waals surface area contributed by atoms with Crippen molar-refractivity contribution in [3.05, 3.63) is 0 Å². The highest BCUT2D eigenvalue weighted by Gasteiger charge is 2.31. The Morgan fingerprint density at radius 3 is 2.29 bits per heavy atom. The predicted molar refractivity (Wildman–Crippen MR) is 59.1 cm³/mol. The molecule has 84 valence electrons. The first-order chi connectivity index (χ1) is 6.47. The van der Waals surface area contributed by atoms with Crippen molar-refractivity contribution in [2.75, 3.05) is 18.7 Å². The third kappa shape index (κ3) is 3.75. The third-order valence-corrected chi connectivity index (χ3v) is 4.14. The normalized spacial score (nSPS) is 22.1. The number of hydrogen-bond acceptors (Lipinski definition) is 2. The summed E-state index contributed by atoms with van der Waals surface area (Å²) in [5.74, 6) is 0.551. The average Bonchev–Trinajstić information content (AvgIpc) is 2.15. The Balaban J connectivity index is 2.52. The Morgan fingerprint density at radius 1 is 1.29 bits per heavy atom. The standard InChI is InChI=1S/C9H18ClNO2S/c1-14(12,13)11-8-9(7-10)5-3-2-4-6-9/h11H,2-8H2,1H3. The van der Waals surface area contributed by atoms with Gasteiger partial charge < -0.3 is 0 Å². The molecule has 0 bridgehead atoms. The molecule has 1 aliphatic carbocycles. The number of sulfonamides is 1. The molecular formula is C9H18ClNO2S. The lowest BCUT2D eigenvalue weighted by Crippen LogP contribution is -2.39. The first kappa shape index (κ1) is 12.3. The second kappa shape index (κ2) is 4.81. The van der Waals surface area contributed by atoms with Crippen molar-refractivity contribution in [2.24, 2.45) is 5.41 Å². The van der Waals surface area contributed by atoms with Crippen LogP contribution in [0.2, 0.25) is 0 Å². The van der Waals surface area contributed by atoms with Gasteiger partial charge in [-0.25, -0.2) is 13.1 Å². The van der Waals surface area contributed by atoms with Crippen LogP contribution in [0, 0.1) is 5.41 Å². The molecule has 0 radical (unpaired) electrons. The molecule has 1 saturated carbocycles. The minimum atomic E-state index is -3.08. The molecule has 0 atom stereocenters. The van der Waals surface area contributed by atoms with Crippen LogP contribution in [-0.2, 0) is 10.0 Å². The molecule has 1 aliphatic rings. The monoisotopic (exact) mass is 239 g/mol. The van der Waals surface area contributed by atoms with E-state index in [9.17, 15) is 8.42 Å². The van der Waals surface area contributed by atoms with Gasteiger partial charge in [0.25, 0.3) is 0 Å². The predicted octanol–water partition coefficient (Wildman–Crippen LogP) is 1.72. The van der Waals surface area contributed by atoms with Gasteiger partial charge in [-0.1, -0.05) is 19.3 Å². The van der Waals surface area contributed by atoms with Crippen LogP contribution in [0.5, 0.6) is 0 Å². The fraction of sp³-hybridized carbons (Fsp3) is 1.00. The van der Waals surface area contributed by atoms with Crippen molar-refractivity contribution in [2.45, 2.75) is 32.1 Å². The van der Waals surface area contributed by atoms with Crippen molar-refractivity contribution in [1.29, 1.82) is 0 Å². The van der Waals surface area contributed by atoms with Crippen molar-refractivity contribution in [3.63, 3.8) is 0 Å². The molecule has 0 unspecified atom stereocenters. The lowest BCUT2D eigenvalue weighted by atomic mass is 9.76. The second-order valence-electron chi connectivity index (χ2n) is 4.29. The molecule has 1 N–H and O–H groups in total. The quantitative estimate of drug-likeness (QED) is 0.760. The van der Waals surface area contributed by atoms with Crippen LogP contribution < -0.4 is 4.72 Å². The lowest BCUT2D eigenvalue weighted by Gasteiger charge is -2.35. The van der Waals surface area contributed by atoms with Gasteiger partial charge in [0.2, 0.25) is 10.0 Å². The van der Waals surface area contributed by atoms with E-state index in [0.717, 1.165) is 25.7 Å². The summed E-state index contributed by atoms with van der Waals surface area (Å²) in [6.07, 6.45) is 6.85. The van der Waals surface area contributed by atoms with Gasteiger partial charge >= 0.3 is 0 Å². The van der Waals surface area contributed by atoms with Gasteiger partial charge in [0.15, 0.2) is 0 Å². The lowest BCUT2D eigenvalue weighted by molar-refractivity contribution is 0.224. The number of alkyl halides is 1. The average molecular weight is 240 g/mol. The maximum absolute atomic E-state index is 11.0. The SMILES string of the molecule is CS(=O)(=O)NCC1(CCl)CCCCC1. The van der Waals surface area contributed by atoms with E-state index in [1.807, 2.05) is 0 Å². The number of rotatable bonds is 4. The summed E-state index contributed by atoms with van der Waals surface area (Å²) in [6, 6.07) is 0. The molecule has 0 aromatic heterocycles. The molecule has 0 aromatic rings. The van der Waals surface area contributed by atoms with Crippen LogP contribution in [-0.4, -0.2) is 27.1 Å². The third-order valence-electron chi connectivity index (χ3n) is 2.91. The number of halogens is 1. The molecule has 0 saturated heterocycles. The largest absolute Gasteiger partial charge is 0.215 e. The van der Waals surface area contributed by atoms with Crippen LogP contribution in [0.1, 0.15) is 32.1 Å². The highest BCUT2D eigenvalue weighted by molar-refractivity contribution is 7.88. The summed E-state index contributed by atoms with van der Waals surface area (Å²) in [7, 11) is -3.08. The Bertz CT molecular complexity index is 271. The minimum Gasteiger partial charge on any atom is -0.215 e. The van der Waals surface area contributed by atoms with Crippen LogP contribution >= 0.6 is 11.6 Å². The van der Waals surface area contributed by atoms with Gasteiger partial charge in [-0.05, 0) is 18.3 Å². The summed E-state index contributed by atoms with van der Waals surface area (Å²) in [4.78, 5) is 0. The van der Waals surface area contributed by atoms with E-state index in [-0.39, 0.29) is 5.41 Å². The molecule has 0 amide bonds. The summed E-state index contributed by atoms with van der Waals surface area (Å²) in [5, 5.41) is 0. The molecule has 0 spiro atoms. The molecule has 0 aliphatic heterocycles. The molecule has 0 heterocycles. The maximum Gasteiger partial charge on any atom is 0.208 e. The van der Waals surface area contributed by atoms with Gasteiger partial charge in [0.1, 0.15) is 0 Å². The van der Waals surface area contributed by atoms with Crippen molar-refractivity contribution >= 4 is 21.6 Å². The summed E-state index contributed by atoms with van der Waals surface area (Å²) < 4.78 is 24.5. The van der Waals surface area contributed by atoms with Crippen LogP contribution in [0.4, 0.5) is 0 Å². The fourth-order valence-electron chi connectivity index (χ4n) is 1.94. The van der Waals surface area contributed by atoms with Gasteiger partial charge in [-0.3, -0.25) is 0 Å². The summed E-state index contributed by atoms with van der Waals surface area (Å²) >= 11 is 5.93. The van der Waals surface area contributed by atoms with Crippen LogP contribution in [0.3, 0.4) is 0 Å². The first-order valence-corrected chi connectivity index (χ1v) is 7.41. The zero-order valence-electron chi connectivity index (χ0n) is 8.55. The van der Waals surface area contributed by atoms with E-state index in [0.29, 0.717) is 12.4 Å². The van der Waals surface area contributed by atoms with Crippen molar-refractivity contribution in [1.82, 2.24) is 4.72 Å². The Labute approximate surface area is 91.3 Å². The van der Waals surface area contributed by atoms with Gasteiger partial charge in [-0.2, -0.15) is 0 Å². The fourth-order valence-corrected chi connectivity index (χ4v) is 2.87. The van der Waals surface area contributed by atoms with E-state index >= 15 is 0 Å². The Morgan fingerprint density at radius 2 is 1.86 bits per heavy atom. The van der Waals surface area contributed by atoms with E-state index in [4.69, 9.17) is 11.6 Å². The van der Waals surface area contributed by atoms with E-state index in [1.54, 1.807) is 0 Å². The summed E-state index contributed by atoms with van der Waals surface area (Å²) in [5.41, 5.74) is 0.00286. The highest BCUT2D eigenvalue weighted by Crippen LogP contribution is 2.36. The molecule has 14 heavy (non-hydrogen) atoms. The topological polar surface area (TPSA) is 46.2 Å². The first-order valence-electron chi connectivity index (χ1n) is 4.98.